The van der Waals surface area contributed by atoms with Crippen LogP contribution in [0.1, 0.15) is 10.4 Å². The van der Waals surface area contributed by atoms with E-state index < -0.39 is 9.84 Å². The largest absolute Gasteiger partial charge is 0.218 e. The van der Waals surface area contributed by atoms with Gasteiger partial charge in [0.25, 0.3) is 0 Å². The number of hydrogen-bond donors (Lipinski definition) is 0. The minimum Gasteiger partial charge on any atom is -0.218 e. The van der Waals surface area contributed by atoms with E-state index in [9.17, 15) is 13.7 Å². The third-order valence-electron chi connectivity index (χ3n) is 3.72. The summed E-state index contributed by atoms with van der Waals surface area (Å²) in [7, 11) is -3.91. The Morgan fingerprint density at radius 2 is 1.76 bits per heavy atom. The Bertz CT molecular complexity index is 1140. The maximum atomic E-state index is 12.7. The average Bonchev–Trinajstić information content (AvgIpc) is 2.88. The fraction of sp³-hybridized carbons (Fsp3) is 0.0556. The smallest absolute Gasteiger partial charge is 0.216 e. The topological polar surface area (TPSA) is 57.9 Å². The summed E-state index contributed by atoms with van der Waals surface area (Å²) in [4.78, 5) is 0.438. The second kappa shape index (κ2) is 6.81. The predicted molar refractivity (Wildman–Crippen MR) is 104 cm³/mol. The van der Waals surface area contributed by atoms with E-state index in [1.54, 1.807) is 6.07 Å². The van der Waals surface area contributed by atoms with E-state index in [0.29, 0.717) is 14.9 Å². The van der Waals surface area contributed by atoms with E-state index in [-0.39, 0.29) is 9.80 Å². The normalized spacial score (nSPS) is 12.3. The van der Waals surface area contributed by atoms with Crippen LogP contribution in [0.25, 0.3) is 16.2 Å². The third kappa shape index (κ3) is 3.44. The average molecular weight is 408 g/mol. The summed E-state index contributed by atoms with van der Waals surface area (Å²) in [5, 5.41) is 11.4. The molecule has 126 valence electrons. The van der Waals surface area contributed by atoms with Gasteiger partial charge in [0.2, 0.25) is 9.84 Å². The van der Waals surface area contributed by atoms with Crippen molar-refractivity contribution in [1.29, 1.82) is 5.26 Å². The van der Waals surface area contributed by atoms with Crippen molar-refractivity contribution >= 4 is 60.5 Å². The first kappa shape index (κ1) is 18.0. The van der Waals surface area contributed by atoms with Crippen molar-refractivity contribution in [2.24, 2.45) is 0 Å². The summed E-state index contributed by atoms with van der Waals surface area (Å²) in [6.45, 7) is 1.88. The molecule has 1 aromatic heterocycles. The van der Waals surface area contributed by atoms with Crippen LogP contribution < -0.4 is 0 Å². The van der Waals surface area contributed by atoms with Gasteiger partial charge >= 0.3 is 0 Å². The van der Waals surface area contributed by atoms with Gasteiger partial charge in [-0.25, -0.2) is 8.42 Å². The Morgan fingerprint density at radius 3 is 2.40 bits per heavy atom. The zero-order valence-corrected chi connectivity index (χ0v) is 16.1. The van der Waals surface area contributed by atoms with Crippen LogP contribution >= 0.6 is 34.5 Å². The number of thiophene rings is 1. The van der Waals surface area contributed by atoms with E-state index in [0.717, 1.165) is 15.6 Å². The predicted octanol–water partition coefficient (Wildman–Crippen LogP) is 5.85. The Labute approximate surface area is 159 Å². The number of benzene rings is 2. The van der Waals surface area contributed by atoms with Crippen molar-refractivity contribution in [3.05, 3.63) is 67.9 Å². The molecule has 0 aliphatic carbocycles. The molecule has 7 heteroatoms. The molecule has 0 fully saturated rings. The Morgan fingerprint density at radius 1 is 1.12 bits per heavy atom. The lowest BCUT2D eigenvalue weighted by atomic mass is 10.1. The van der Waals surface area contributed by atoms with Crippen molar-refractivity contribution in [3.63, 3.8) is 0 Å². The van der Waals surface area contributed by atoms with Gasteiger partial charge in [0.05, 0.1) is 4.90 Å². The highest BCUT2D eigenvalue weighted by Gasteiger charge is 2.21. The molecule has 0 aliphatic heterocycles. The highest BCUT2D eigenvalue weighted by molar-refractivity contribution is 7.95. The molecule has 0 radical (unpaired) electrons. The molecule has 1 heterocycles. The van der Waals surface area contributed by atoms with Gasteiger partial charge in [-0.2, -0.15) is 5.26 Å². The lowest BCUT2D eigenvalue weighted by Crippen LogP contribution is -2.03. The maximum absolute atomic E-state index is 12.7. The summed E-state index contributed by atoms with van der Waals surface area (Å²) in [5.74, 6) is 0. The van der Waals surface area contributed by atoms with Crippen molar-refractivity contribution in [2.75, 3.05) is 0 Å². The summed E-state index contributed by atoms with van der Waals surface area (Å²) in [6.07, 6.45) is 1.41. The molecule has 3 aromatic rings. The summed E-state index contributed by atoms with van der Waals surface area (Å²) < 4.78 is 26.4. The molecule has 0 saturated carbocycles. The zero-order valence-electron chi connectivity index (χ0n) is 13.0. The summed E-state index contributed by atoms with van der Waals surface area (Å²) in [6, 6.07) is 13.0. The summed E-state index contributed by atoms with van der Waals surface area (Å²) in [5.41, 5.74) is 0.890. The Hall–Kier alpha value is -1.84. The van der Waals surface area contributed by atoms with E-state index in [1.807, 2.05) is 25.1 Å². The lowest BCUT2D eigenvalue weighted by Gasteiger charge is -2.03. The zero-order chi connectivity index (χ0) is 18.2. The second-order valence-corrected chi connectivity index (χ2v) is 9.18. The van der Waals surface area contributed by atoms with Crippen LogP contribution in [0.4, 0.5) is 0 Å². The van der Waals surface area contributed by atoms with Gasteiger partial charge in [-0.3, -0.25) is 0 Å². The van der Waals surface area contributed by atoms with Crippen LogP contribution in [0.2, 0.25) is 10.0 Å². The lowest BCUT2D eigenvalue weighted by molar-refractivity contribution is 0.603. The molecule has 0 amide bonds. The van der Waals surface area contributed by atoms with Gasteiger partial charge in [0, 0.05) is 19.6 Å². The molecule has 0 bridgehead atoms. The number of fused-ring (bicyclic) bond motifs is 1. The number of halogens is 2. The number of nitriles is 1. The molecule has 0 aliphatic rings. The van der Waals surface area contributed by atoms with Crippen LogP contribution in [0.5, 0.6) is 0 Å². The molecule has 0 unspecified atom stereocenters. The highest BCUT2D eigenvalue weighted by Crippen LogP contribution is 2.35. The quantitative estimate of drug-likeness (QED) is 0.511. The summed E-state index contributed by atoms with van der Waals surface area (Å²) >= 11 is 13.2. The Balaban J connectivity index is 2.14. The fourth-order valence-electron chi connectivity index (χ4n) is 2.38. The van der Waals surface area contributed by atoms with Gasteiger partial charge < -0.3 is 0 Å². The number of aryl methyl sites for hydroxylation is 1. The SMILES string of the molecule is Cc1c(C=C(C#N)S(=O)(=O)c2ccc(Cl)cc2)sc2ccc(Cl)cc12. The first-order valence-electron chi connectivity index (χ1n) is 7.14. The molecular weight excluding hydrogens is 397 g/mol. The van der Waals surface area contributed by atoms with E-state index in [2.05, 4.69) is 0 Å². The fourth-order valence-corrected chi connectivity index (χ4v) is 5.03. The molecule has 2 aromatic carbocycles. The number of allylic oxidation sites excluding steroid dienone is 1. The van der Waals surface area contributed by atoms with Crippen molar-refractivity contribution < 1.29 is 8.42 Å². The molecule has 0 atom stereocenters. The first-order valence-corrected chi connectivity index (χ1v) is 10.2. The van der Waals surface area contributed by atoms with Crippen molar-refractivity contribution in [3.8, 4) is 6.07 Å². The van der Waals surface area contributed by atoms with Gasteiger partial charge in [-0.1, -0.05) is 23.2 Å². The van der Waals surface area contributed by atoms with E-state index >= 15 is 0 Å². The van der Waals surface area contributed by atoms with Gasteiger partial charge in [-0.15, -0.1) is 11.3 Å². The third-order valence-corrected chi connectivity index (χ3v) is 7.11. The number of rotatable bonds is 3. The highest BCUT2D eigenvalue weighted by atomic mass is 35.5. The first-order chi connectivity index (χ1) is 11.8. The number of sulfone groups is 1. The minimum absolute atomic E-state index is 0.0338. The van der Waals surface area contributed by atoms with Gasteiger partial charge in [0.15, 0.2) is 4.91 Å². The molecular formula is C18H11Cl2NO2S2. The van der Waals surface area contributed by atoms with Crippen LogP contribution in [0.3, 0.4) is 0 Å². The number of hydrogen-bond acceptors (Lipinski definition) is 4. The van der Waals surface area contributed by atoms with Crippen LogP contribution in [-0.4, -0.2) is 8.42 Å². The van der Waals surface area contributed by atoms with Gasteiger partial charge in [-0.05, 0) is 66.4 Å². The van der Waals surface area contributed by atoms with Crippen molar-refractivity contribution in [2.45, 2.75) is 11.8 Å². The standard InChI is InChI=1S/C18H11Cl2NO2S2/c1-11-16-8-13(20)4-7-17(16)24-18(11)9-15(10-21)25(22,23)14-5-2-12(19)3-6-14/h2-9H,1H3. The molecule has 25 heavy (non-hydrogen) atoms. The maximum Gasteiger partial charge on any atom is 0.216 e. The monoisotopic (exact) mass is 407 g/mol. The molecule has 3 nitrogen and oxygen atoms in total. The molecule has 0 saturated heterocycles. The van der Waals surface area contributed by atoms with Crippen molar-refractivity contribution in [1.82, 2.24) is 0 Å². The van der Waals surface area contributed by atoms with Crippen LogP contribution in [-0.2, 0) is 9.84 Å². The Kier molecular flexibility index (Phi) is 4.90. The second-order valence-electron chi connectivity index (χ2n) is 5.31. The van der Waals surface area contributed by atoms with E-state index in [1.165, 1.54) is 41.7 Å². The van der Waals surface area contributed by atoms with Gasteiger partial charge in [0.1, 0.15) is 6.07 Å². The molecule has 3 rings (SSSR count). The molecule has 0 spiro atoms. The molecule has 0 N–H and O–H groups in total. The van der Waals surface area contributed by atoms with Crippen LogP contribution in [0.15, 0.2) is 52.3 Å². The van der Waals surface area contributed by atoms with E-state index in [4.69, 9.17) is 23.2 Å². The minimum atomic E-state index is -3.91. The van der Waals surface area contributed by atoms with Crippen LogP contribution in [0, 0.1) is 18.3 Å². The number of nitrogens with zero attached hydrogens (tertiary/aromatic N) is 1.